The molecule has 1 saturated heterocycles. The first-order valence-electron chi connectivity index (χ1n) is 8.35. The monoisotopic (exact) mass is 521 g/mol. The maximum absolute atomic E-state index is 12.0. The van der Waals surface area contributed by atoms with Crippen molar-refractivity contribution in [2.24, 2.45) is 5.11 Å². The lowest BCUT2D eigenvalue weighted by molar-refractivity contribution is -0.0402. The van der Waals surface area contributed by atoms with E-state index in [1.165, 1.54) is 13.1 Å². The molecule has 3 unspecified atom stereocenters. The summed E-state index contributed by atoms with van der Waals surface area (Å²) in [6.07, 6.45) is -2.03. The number of hydrogen-bond acceptors (Lipinski definition) is 10. The molecule has 18 nitrogen and oxygen atoms in total. The molecule has 1 aromatic heterocycles. The number of aryl methyl sites for hydroxylation is 1. The molecule has 5 N–H and O–H groups in total. The van der Waals surface area contributed by atoms with Gasteiger partial charge in [0.2, 0.25) is 0 Å². The largest absolute Gasteiger partial charge is 0.488 e. The minimum Gasteiger partial charge on any atom is -0.366 e. The van der Waals surface area contributed by atoms with Crippen LogP contribution in [0.2, 0.25) is 0 Å². The van der Waals surface area contributed by atoms with Crippen LogP contribution in [-0.4, -0.2) is 54.2 Å². The maximum atomic E-state index is 12.0. The molecule has 1 aliphatic heterocycles. The van der Waals surface area contributed by atoms with Crippen LogP contribution in [0.1, 0.15) is 18.2 Å². The minimum absolute atomic E-state index is 0.0151. The molecule has 2 heterocycles. The molecule has 21 heteroatoms. The molecule has 0 radical (unpaired) electrons. The first-order chi connectivity index (χ1) is 14.6. The number of azide groups is 1. The Hall–Kier alpha value is -1.64. The Kier molecular flexibility index (Phi) is 8.40. The van der Waals surface area contributed by atoms with Crippen molar-refractivity contribution in [1.29, 1.82) is 0 Å². The smallest absolute Gasteiger partial charge is 0.366 e. The van der Waals surface area contributed by atoms with E-state index in [0.717, 1.165) is 4.57 Å². The van der Waals surface area contributed by atoms with Crippen molar-refractivity contribution >= 4 is 23.2 Å². The van der Waals surface area contributed by atoms with Crippen LogP contribution in [-0.2, 0) is 31.8 Å². The molecule has 32 heavy (non-hydrogen) atoms. The second-order valence-corrected chi connectivity index (χ2v) is 11.1. The van der Waals surface area contributed by atoms with Gasteiger partial charge in [0.05, 0.1) is 18.8 Å². The van der Waals surface area contributed by atoms with Crippen LogP contribution in [0.3, 0.4) is 0 Å². The van der Waals surface area contributed by atoms with Crippen molar-refractivity contribution in [3.05, 3.63) is 43.0 Å². The average Bonchev–Trinajstić information content (AvgIpc) is 2.97. The van der Waals surface area contributed by atoms with Crippen LogP contribution in [0.4, 0.5) is 0 Å². The first-order valence-corrected chi connectivity index (χ1v) is 13.1. The summed E-state index contributed by atoms with van der Waals surface area (Å²) in [5, 5.41) is 3.50. The number of ether oxygens (including phenoxy) is 2. The van der Waals surface area contributed by atoms with E-state index in [1.807, 2.05) is 0 Å². The number of hydrogen-bond donors (Lipinski definition) is 5. The Morgan fingerprint density at radius 3 is 2.53 bits per heavy atom. The van der Waals surface area contributed by atoms with Crippen molar-refractivity contribution in [2.75, 3.05) is 13.0 Å². The standard InChI is InChI=1S/C11H18N5O13P3/c1-6-3-16(11(18)13-10(6)17)9-2-7(14-15-12)8(27-9)4-26-5-30(19,20)28-32(24,25)29-31(21,22)23/h3,7-9H,2,4-5H2,1H3,(H,19,20)(H,24,25)(H,13,17,18)(H2,21,22,23)/t7?,8-,9-/m1/s1. The van der Waals surface area contributed by atoms with Gasteiger partial charge in [0.1, 0.15) is 12.6 Å². The third-order valence-corrected chi connectivity index (χ3v) is 7.87. The summed E-state index contributed by atoms with van der Waals surface area (Å²) in [5.74, 6) is 0. The fraction of sp³-hybridized carbons (Fsp3) is 0.636. The second-order valence-electron chi connectivity index (χ2n) is 6.38. The lowest BCUT2D eigenvalue weighted by Gasteiger charge is -2.19. The van der Waals surface area contributed by atoms with Gasteiger partial charge in [-0.05, 0) is 12.5 Å². The summed E-state index contributed by atoms with van der Waals surface area (Å²) >= 11 is 0. The quantitative estimate of drug-likeness (QED) is 0.119. The molecule has 0 saturated carbocycles. The fourth-order valence-corrected chi connectivity index (χ4v) is 5.92. The zero-order valence-corrected chi connectivity index (χ0v) is 18.7. The van der Waals surface area contributed by atoms with Crippen LogP contribution in [0, 0.1) is 6.92 Å². The molecule has 0 aromatic carbocycles. The first kappa shape index (κ1) is 26.6. The van der Waals surface area contributed by atoms with Gasteiger partial charge in [0, 0.05) is 23.1 Å². The van der Waals surface area contributed by atoms with E-state index in [4.69, 9.17) is 29.7 Å². The zero-order chi connectivity index (χ0) is 24.3. The molecule has 0 spiro atoms. The van der Waals surface area contributed by atoms with Crippen molar-refractivity contribution in [2.45, 2.75) is 31.7 Å². The topological polar surface area (TPSA) is 273 Å². The molecule has 0 bridgehead atoms. The van der Waals surface area contributed by atoms with E-state index in [9.17, 15) is 28.2 Å². The van der Waals surface area contributed by atoms with Gasteiger partial charge in [0.25, 0.3) is 5.56 Å². The summed E-state index contributed by atoms with van der Waals surface area (Å²) in [5.41, 5.74) is 7.54. The highest BCUT2D eigenvalue weighted by molar-refractivity contribution is 7.68. The van der Waals surface area contributed by atoms with Crippen LogP contribution >= 0.6 is 23.2 Å². The number of aromatic nitrogens is 2. The van der Waals surface area contributed by atoms with Gasteiger partial charge in [-0.3, -0.25) is 18.9 Å². The Labute approximate surface area is 177 Å². The molecule has 1 fully saturated rings. The molecule has 180 valence electrons. The van der Waals surface area contributed by atoms with Crippen LogP contribution in [0.5, 0.6) is 0 Å². The van der Waals surface area contributed by atoms with Crippen LogP contribution in [0.25, 0.3) is 10.4 Å². The van der Waals surface area contributed by atoms with Crippen molar-refractivity contribution < 1.29 is 51.4 Å². The van der Waals surface area contributed by atoms with Crippen LogP contribution < -0.4 is 11.2 Å². The van der Waals surface area contributed by atoms with E-state index < -0.39 is 65.8 Å². The Bertz CT molecular complexity index is 1150. The zero-order valence-electron chi connectivity index (χ0n) is 16.0. The lowest BCUT2D eigenvalue weighted by atomic mass is 10.1. The predicted molar refractivity (Wildman–Crippen MR) is 102 cm³/mol. The lowest BCUT2D eigenvalue weighted by Crippen LogP contribution is -2.33. The molecule has 1 aromatic rings. The Morgan fingerprint density at radius 2 is 1.94 bits per heavy atom. The van der Waals surface area contributed by atoms with Gasteiger partial charge in [-0.25, -0.2) is 18.2 Å². The number of phosphoric acid groups is 2. The highest BCUT2D eigenvalue weighted by Crippen LogP contribution is 2.65. The van der Waals surface area contributed by atoms with Crippen molar-refractivity contribution in [3.63, 3.8) is 0 Å². The van der Waals surface area contributed by atoms with Crippen LogP contribution in [0.15, 0.2) is 20.9 Å². The highest BCUT2D eigenvalue weighted by atomic mass is 31.3. The third-order valence-electron chi connectivity index (χ3n) is 3.84. The van der Waals surface area contributed by atoms with E-state index in [0.29, 0.717) is 0 Å². The molecule has 2 rings (SSSR count). The van der Waals surface area contributed by atoms with E-state index >= 15 is 0 Å². The van der Waals surface area contributed by atoms with Gasteiger partial charge in [0.15, 0.2) is 0 Å². The van der Waals surface area contributed by atoms with Gasteiger partial charge < -0.3 is 29.0 Å². The van der Waals surface area contributed by atoms with E-state index in [2.05, 4.69) is 23.6 Å². The normalized spacial score (nSPS) is 25.0. The molecule has 1 aliphatic rings. The summed E-state index contributed by atoms with van der Waals surface area (Å²) < 4.78 is 52.6. The minimum atomic E-state index is -5.61. The Balaban J connectivity index is 2.04. The summed E-state index contributed by atoms with van der Waals surface area (Å²) in [6, 6.07) is -0.898. The summed E-state index contributed by atoms with van der Waals surface area (Å²) in [4.78, 5) is 63.9. The van der Waals surface area contributed by atoms with Gasteiger partial charge in [-0.15, -0.1) is 0 Å². The van der Waals surface area contributed by atoms with Crippen molar-refractivity contribution in [1.82, 2.24) is 9.55 Å². The summed E-state index contributed by atoms with van der Waals surface area (Å²) in [7, 11) is -16.2. The van der Waals surface area contributed by atoms with Crippen molar-refractivity contribution in [3.8, 4) is 0 Å². The number of H-pyrrole nitrogens is 1. The second kappa shape index (κ2) is 10.1. The van der Waals surface area contributed by atoms with E-state index in [-0.39, 0.29) is 12.0 Å². The maximum Gasteiger partial charge on any atom is 0.488 e. The molecular weight excluding hydrogens is 503 g/mol. The molecular formula is C11H18N5O13P3. The SMILES string of the molecule is Cc1cn([C@H]2CC(N=[N+]=[N-])[C@@H](COCP(=O)(O)OP(=O)(O)OP(=O)(O)O)O2)c(=O)[nH]c1=O. The fourth-order valence-electron chi connectivity index (χ4n) is 2.64. The average molecular weight is 521 g/mol. The summed E-state index contributed by atoms with van der Waals surface area (Å²) in [6.45, 7) is 0.935. The van der Waals surface area contributed by atoms with E-state index in [1.54, 1.807) is 0 Å². The highest BCUT2D eigenvalue weighted by Gasteiger charge is 2.41. The number of nitrogens with one attached hydrogen (secondary N) is 1. The number of aromatic amines is 1. The predicted octanol–water partition coefficient (Wildman–Crippen LogP) is 0.197. The third kappa shape index (κ3) is 7.74. The number of rotatable bonds is 10. The molecule has 0 amide bonds. The molecule has 0 aliphatic carbocycles. The number of nitrogens with zero attached hydrogens (tertiary/aromatic N) is 4. The Morgan fingerprint density at radius 1 is 1.28 bits per heavy atom. The van der Waals surface area contributed by atoms with Gasteiger partial charge in [-0.2, -0.15) is 4.31 Å². The molecule has 5 atom stereocenters. The van der Waals surface area contributed by atoms with Gasteiger partial charge in [-0.1, -0.05) is 5.11 Å². The van der Waals surface area contributed by atoms with Gasteiger partial charge >= 0.3 is 28.9 Å².